The molecule has 0 unspecified atom stereocenters. The molecule has 2 aliphatic rings. The average molecular weight is 570 g/mol. The summed E-state index contributed by atoms with van der Waals surface area (Å²) < 4.78 is 16.5. The van der Waals surface area contributed by atoms with Crippen LogP contribution < -0.4 is 30.5 Å². The molecule has 0 saturated heterocycles. The zero-order valence-electron chi connectivity index (χ0n) is 24.6. The maximum Gasteiger partial charge on any atom is 0.251 e. The lowest BCUT2D eigenvalue weighted by Crippen LogP contribution is -2.55. The Morgan fingerprint density at radius 1 is 1.10 bits per heavy atom. The normalized spacial score (nSPS) is 17.1. The summed E-state index contributed by atoms with van der Waals surface area (Å²) >= 11 is 0. The van der Waals surface area contributed by atoms with Gasteiger partial charge in [-0.3, -0.25) is 9.59 Å². The van der Waals surface area contributed by atoms with Crippen LogP contribution >= 0.6 is 0 Å². The van der Waals surface area contributed by atoms with E-state index in [4.69, 9.17) is 19.2 Å². The fourth-order valence-corrected chi connectivity index (χ4v) is 5.33. The van der Waals surface area contributed by atoms with Crippen molar-refractivity contribution < 1.29 is 23.8 Å². The molecule has 1 fully saturated rings. The number of nitrogens with zero attached hydrogens (tertiary/aromatic N) is 4. The van der Waals surface area contributed by atoms with E-state index in [9.17, 15) is 9.59 Å². The van der Waals surface area contributed by atoms with Gasteiger partial charge in [-0.1, -0.05) is 19.8 Å². The molecule has 1 aromatic carbocycles. The Bertz CT molecular complexity index is 1170. The van der Waals surface area contributed by atoms with E-state index in [1.165, 1.54) is 0 Å². The Balaban J connectivity index is 1.40. The van der Waals surface area contributed by atoms with E-state index in [0.717, 1.165) is 38.0 Å². The molecule has 1 aromatic heterocycles. The van der Waals surface area contributed by atoms with Gasteiger partial charge in [0.2, 0.25) is 11.9 Å². The fourth-order valence-electron chi connectivity index (χ4n) is 5.33. The van der Waals surface area contributed by atoms with Gasteiger partial charge in [-0.05, 0) is 44.5 Å². The first-order chi connectivity index (χ1) is 20.0. The second kappa shape index (κ2) is 14.9. The molecule has 224 valence electrons. The molecule has 1 atom stereocenters. The number of benzene rings is 1. The topological polar surface area (TPSA) is 130 Å². The van der Waals surface area contributed by atoms with Crippen LogP contribution in [0.5, 0.6) is 5.75 Å². The summed E-state index contributed by atoms with van der Waals surface area (Å²) in [5.74, 6) is 1.50. The number of likely N-dealkylation sites (N-methyl/N-ethyl adjacent to an activating group) is 2. The monoisotopic (exact) mass is 569 g/mol. The molecule has 3 N–H and O–H groups in total. The Kier molecular flexibility index (Phi) is 11.1. The van der Waals surface area contributed by atoms with Crippen molar-refractivity contribution in [3.05, 3.63) is 30.0 Å². The molecule has 1 saturated carbocycles. The zero-order chi connectivity index (χ0) is 29.2. The molecule has 12 nitrogen and oxygen atoms in total. The van der Waals surface area contributed by atoms with E-state index in [-0.39, 0.29) is 23.9 Å². The number of ether oxygens (including phenoxy) is 3. The maximum atomic E-state index is 13.1. The highest BCUT2D eigenvalue weighted by atomic mass is 16.5. The number of fused-ring (bicyclic) bond motifs is 1. The van der Waals surface area contributed by atoms with E-state index in [1.807, 2.05) is 14.0 Å². The summed E-state index contributed by atoms with van der Waals surface area (Å²) in [5, 5.41) is 9.12. The molecule has 2 aromatic rings. The Morgan fingerprint density at radius 2 is 1.83 bits per heavy atom. The minimum absolute atomic E-state index is 0.0764. The SMILES string of the molecule is CC[C@H]1C(=O)N(C)c2cnc(Nc3ccc(C(=O)NCCOCCOCCNC)cc3OC)nc2N1C1CCCC1. The lowest BCUT2D eigenvalue weighted by atomic mass is 10.0. The largest absolute Gasteiger partial charge is 0.495 e. The van der Waals surface area contributed by atoms with Crippen LogP contribution in [0.15, 0.2) is 24.4 Å². The van der Waals surface area contributed by atoms with Gasteiger partial charge in [-0.25, -0.2) is 4.98 Å². The van der Waals surface area contributed by atoms with Crippen molar-refractivity contribution in [3.8, 4) is 5.75 Å². The number of carbonyl (C=O) groups excluding carboxylic acids is 2. The van der Waals surface area contributed by atoms with Gasteiger partial charge in [0.25, 0.3) is 5.91 Å². The number of nitrogens with one attached hydrogen (secondary N) is 3. The second-order valence-electron chi connectivity index (χ2n) is 10.2. The van der Waals surface area contributed by atoms with Crippen LogP contribution in [0.4, 0.5) is 23.1 Å². The van der Waals surface area contributed by atoms with Gasteiger partial charge in [-0.15, -0.1) is 0 Å². The first kappa shape index (κ1) is 30.5. The third-order valence-corrected chi connectivity index (χ3v) is 7.52. The van der Waals surface area contributed by atoms with Crippen molar-refractivity contribution in [3.63, 3.8) is 0 Å². The highest BCUT2D eigenvalue weighted by Crippen LogP contribution is 2.40. The summed E-state index contributed by atoms with van der Waals surface area (Å²) in [6.45, 7) is 5.25. The van der Waals surface area contributed by atoms with Crippen molar-refractivity contribution in [1.29, 1.82) is 0 Å². The van der Waals surface area contributed by atoms with Gasteiger partial charge in [0.15, 0.2) is 5.82 Å². The van der Waals surface area contributed by atoms with Crippen molar-refractivity contribution in [2.45, 2.75) is 51.1 Å². The Labute approximate surface area is 242 Å². The van der Waals surface area contributed by atoms with Crippen LogP contribution in [0.25, 0.3) is 0 Å². The number of methoxy groups -OCH3 is 1. The minimum atomic E-state index is -0.243. The molecule has 2 heterocycles. The molecule has 1 aliphatic carbocycles. The van der Waals surface area contributed by atoms with E-state index < -0.39 is 0 Å². The predicted molar refractivity (Wildman–Crippen MR) is 158 cm³/mol. The maximum absolute atomic E-state index is 13.1. The third-order valence-electron chi connectivity index (χ3n) is 7.52. The molecular formula is C29H43N7O5. The standard InChI is InChI=1S/C29H43N7O5/c1-5-23-28(38)35(3)24-19-32-29(34-26(24)36(23)21-8-6-7-9-21)33-22-11-10-20(18-25(22)39-4)27(37)31-13-15-41-17-16-40-14-12-30-2/h10-11,18-19,21,23,30H,5-9,12-17H2,1-4H3,(H,31,37)(H,32,33,34)/t23-/m0/s1. The van der Waals surface area contributed by atoms with Gasteiger partial charge < -0.3 is 40.0 Å². The zero-order valence-corrected chi connectivity index (χ0v) is 24.6. The number of rotatable bonds is 15. The number of carbonyl (C=O) groups is 2. The fraction of sp³-hybridized carbons (Fsp3) is 0.586. The first-order valence-corrected chi connectivity index (χ1v) is 14.4. The summed E-state index contributed by atoms with van der Waals surface area (Å²) in [7, 11) is 5.21. The van der Waals surface area contributed by atoms with Gasteiger partial charge in [0, 0.05) is 31.7 Å². The van der Waals surface area contributed by atoms with Crippen LogP contribution in [0.3, 0.4) is 0 Å². The molecule has 1 aliphatic heterocycles. The Morgan fingerprint density at radius 3 is 2.51 bits per heavy atom. The number of aromatic nitrogens is 2. The van der Waals surface area contributed by atoms with Crippen LogP contribution in [0.2, 0.25) is 0 Å². The number of anilines is 4. The van der Waals surface area contributed by atoms with Crippen molar-refractivity contribution >= 4 is 35.0 Å². The first-order valence-electron chi connectivity index (χ1n) is 14.4. The average Bonchev–Trinajstić information content (AvgIpc) is 3.52. The summed E-state index contributed by atoms with van der Waals surface area (Å²) in [5.41, 5.74) is 1.80. The van der Waals surface area contributed by atoms with Gasteiger partial charge in [0.1, 0.15) is 17.5 Å². The Hall–Kier alpha value is -3.48. The smallest absolute Gasteiger partial charge is 0.251 e. The van der Waals surface area contributed by atoms with Gasteiger partial charge >= 0.3 is 0 Å². The molecule has 12 heteroatoms. The van der Waals surface area contributed by atoms with Crippen molar-refractivity contribution in [1.82, 2.24) is 20.6 Å². The van der Waals surface area contributed by atoms with Crippen LogP contribution in [0, 0.1) is 0 Å². The molecule has 0 bridgehead atoms. The highest BCUT2D eigenvalue weighted by molar-refractivity contribution is 6.04. The molecule has 41 heavy (non-hydrogen) atoms. The molecule has 4 rings (SSSR count). The second-order valence-corrected chi connectivity index (χ2v) is 10.2. The van der Waals surface area contributed by atoms with Gasteiger partial charge in [-0.2, -0.15) is 4.98 Å². The van der Waals surface area contributed by atoms with E-state index in [1.54, 1.807) is 43.5 Å². The van der Waals surface area contributed by atoms with Crippen LogP contribution in [0.1, 0.15) is 49.4 Å². The quantitative estimate of drug-likeness (QED) is 0.275. The third kappa shape index (κ3) is 7.43. The predicted octanol–water partition coefficient (Wildman–Crippen LogP) is 2.72. The summed E-state index contributed by atoms with van der Waals surface area (Å²) in [6, 6.07) is 5.21. The minimum Gasteiger partial charge on any atom is -0.495 e. The summed E-state index contributed by atoms with van der Waals surface area (Å²) in [4.78, 5) is 39.1. The molecule has 0 spiro atoms. The van der Waals surface area contributed by atoms with Crippen molar-refractivity contribution in [2.24, 2.45) is 0 Å². The molecular weight excluding hydrogens is 526 g/mol. The van der Waals surface area contributed by atoms with E-state index in [0.29, 0.717) is 68.0 Å². The van der Waals surface area contributed by atoms with Crippen LogP contribution in [-0.2, 0) is 14.3 Å². The number of amides is 2. The molecule has 2 amide bonds. The number of hydrogen-bond acceptors (Lipinski definition) is 10. The number of hydrogen-bond donors (Lipinski definition) is 3. The van der Waals surface area contributed by atoms with E-state index >= 15 is 0 Å². The van der Waals surface area contributed by atoms with E-state index in [2.05, 4.69) is 25.8 Å². The van der Waals surface area contributed by atoms with Crippen LogP contribution in [-0.4, -0.2) is 94.6 Å². The summed E-state index contributed by atoms with van der Waals surface area (Å²) in [6.07, 6.45) is 6.82. The lowest BCUT2D eigenvalue weighted by molar-refractivity contribution is -0.120. The van der Waals surface area contributed by atoms with Crippen molar-refractivity contribution in [2.75, 3.05) is 75.8 Å². The lowest BCUT2D eigenvalue weighted by Gasteiger charge is -2.43. The highest BCUT2D eigenvalue weighted by Gasteiger charge is 2.41. The van der Waals surface area contributed by atoms with Gasteiger partial charge in [0.05, 0.1) is 45.4 Å². The molecule has 0 radical (unpaired) electrons.